The molecule has 20 heavy (non-hydrogen) atoms. The van der Waals surface area contributed by atoms with Crippen LogP contribution in [0, 0.1) is 0 Å². The van der Waals surface area contributed by atoms with E-state index < -0.39 is 5.97 Å². The molecular weight excluding hydrogens is 278 g/mol. The highest BCUT2D eigenvalue weighted by molar-refractivity contribution is 7.99. The van der Waals surface area contributed by atoms with Gasteiger partial charge in [-0.15, -0.1) is 0 Å². The number of carbonyl (C=O) groups is 1. The number of aromatic nitrogens is 3. The Morgan fingerprint density at radius 1 is 1.40 bits per heavy atom. The average molecular weight is 293 g/mol. The SMILES string of the molecule is Cn1nc(CCOc2ccccc2)nc1SCC(=O)O. The highest BCUT2D eigenvalue weighted by Gasteiger charge is 2.09. The molecule has 1 N–H and O–H groups in total. The number of carboxylic acids is 1. The molecule has 0 fully saturated rings. The van der Waals surface area contributed by atoms with Gasteiger partial charge in [-0.05, 0) is 12.1 Å². The monoisotopic (exact) mass is 293 g/mol. The van der Waals surface area contributed by atoms with E-state index in [1.165, 1.54) is 0 Å². The Kier molecular flexibility index (Phi) is 5.00. The molecule has 0 unspecified atom stereocenters. The summed E-state index contributed by atoms with van der Waals surface area (Å²) in [4.78, 5) is 14.8. The van der Waals surface area contributed by atoms with Crippen LogP contribution < -0.4 is 4.74 Å². The summed E-state index contributed by atoms with van der Waals surface area (Å²) in [5.74, 6) is 0.569. The number of hydrogen-bond donors (Lipinski definition) is 1. The molecule has 0 atom stereocenters. The molecular formula is C13H15N3O3S. The first-order chi connectivity index (χ1) is 9.65. The molecule has 1 aromatic carbocycles. The third-order valence-electron chi connectivity index (χ3n) is 2.43. The van der Waals surface area contributed by atoms with Gasteiger partial charge in [0.2, 0.25) is 0 Å². The van der Waals surface area contributed by atoms with Crippen molar-refractivity contribution in [2.24, 2.45) is 7.05 Å². The smallest absolute Gasteiger partial charge is 0.313 e. The van der Waals surface area contributed by atoms with Gasteiger partial charge >= 0.3 is 5.97 Å². The van der Waals surface area contributed by atoms with Crippen molar-refractivity contribution >= 4 is 17.7 Å². The van der Waals surface area contributed by atoms with E-state index >= 15 is 0 Å². The van der Waals surface area contributed by atoms with Crippen LogP contribution in [0.4, 0.5) is 0 Å². The summed E-state index contributed by atoms with van der Waals surface area (Å²) in [6.45, 7) is 0.483. The fourth-order valence-electron chi connectivity index (χ4n) is 1.56. The number of carboxylic acid groups (broad SMARTS) is 1. The Hall–Kier alpha value is -2.02. The lowest BCUT2D eigenvalue weighted by Crippen LogP contribution is -2.03. The molecule has 0 saturated heterocycles. The lowest BCUT2D eigenvalue weighted by atomic mass is 10.3. The number of aryl methyl sites for hydroxylation is 1. The van der Waals surface area contributed by atoms with Crippen molar-refractivity contribution in [1.29, 1.82) is 0 Å². The average Bonchev–Trinajstić information content (AvgIpc) is 2.78. The summed E-state index contributed by atoms with van der Waals surface area (Å²) in [5, 5.41) is 13.5. The van der Waals surface area contributed by atoms with Crippen LogP contribution >= 0.6 is 11.8 Å². The maximum Gasteiger partial charge on any atom is 0.313 e. The third-order valence-corrected chi connectivity index (χ3v) is 3.43. The second-order valence-electron chi connectivity index (χ2n) is 4.03. The van der Waals surface area contributed by atoms with Crippen molar-refractivity contribution in [3.05, 3.63) is 36.2 Å². The molecule has 0 spiro atoms. The minimum Gasteiger partial charge on any atom is -0.493 e. The van der Waals surface area contributed by atoms with Gasteiger partial charge in [-0.25, -0.2) is 9.67 Å². The quantitative estimate of drug-likeness (QED) is 0.782. The van der Waals surface area contributed by atoms with Gasteiger partial charge in [0, 0.05) is 13.5 Å². The molecule has 6 nitrogen and oxygen atoms in total. The summed E-state index contributed by atoms with van der Waals surface area (Å²) in [5.41, 5.74) is 0. The number of hydrogen-bond acceptors (Lipinski definition) is 5. The summed E-state index contributed by atoms with van der Waals surface area (Å²) in [7, 11) is 1.75. The molecule has 0 bridgehead atoms. The number of benzene rings is 1. The number of para-hydroxylation sites is 1. The Morgan fingerprint density at radius 3 is 2.85 bits per heavy atom. The van der Waals surface area contributed by atoms with Crippen molar-refractivity contribution in [3.8, 4) is 5.75 Å². The van der Waals surface area contributed by atoms with Gasteiger partial charge in [0.05, 0.1) is 12.4 Å². The molecule has 0 aliphatic carbocycles. The number of aliphatic carboxylic acids is 1. The predicted octanol–water partition coefficient (Wildman–Crippen LogP) is 1.61. The number of nitrogens with zero attached hydrogens (tertiary/aromatic N) is 3. The van der Waals surface area contributed by atoms with Gasteiger partial charge in [-0.3, -0.25) is 4.79 Å². The Labute approximate surface area is 120 Å². The largest absolute Gasteiger partial charge is 0.493 e. The van der Waals surface area contributed by atoms with E-state index in [4.69, 9.17) is 9.84 Å². The van der Waals surface area contributed by atoms with Crippen LogP contribution in [-0.4, -0.2) is 38.2 Å². The summed E-state index contributed by atoms with van der Waals surface area (Å²) in [6.07, 6.45) is 0.580. The van der Waals surface area contributed by atoms with Crippen molar-refractivity contribution < 1.29 is 14.6 Å². The molecule has 1 heterocycles. The zero-order valence-electron chi connectivity index (χ0n) is 11.0. The van der Waals surface area contributed by atoms with E-state index in [0.29, 0.717) is 24.0 Å². The molecule has 106 valence electrons. The number of ether oxygens (including phenoxy) is 1. The zero-order valence-corrected chi connectivity index (χ0v) is 11.8. The third kappa shape index (κ3) is 4.27. The van der Waals surface area contributed by atoms with Gasteiger partial charge in [-0.2, -0.15) is 5.10 Å². The van der Waals surface area contributed by atoms with Crippen molar-refractivity contribution in [2.75, 3.05) is 12.4 Å². The second kappa shape index (κ2) is 6.95. The Bertz CT molecular complexity index is 571. The van der Waals surface area contributed by atoms with Gasteiger partial charge in [0.1, 0.15) is 5.75 Å². The first-order valence-electron chi connectivity index (χ1n) is 6.07. The molecule has 1 aromatic heterocycles. The van der Waals surface area contributed by atoms with E-state index in [-0.39, 0.29) is 5.75 Å². The Balaban J connectivity index is 1.84. The van der Waals surface area contributed by atoms with E-state index in [2.05, 4.69) is 10.1 Å². The number of rotatable bonds is 7. The van der Waals surface area contributed by atoms with Gasteiger partial charge in [-0.1, -0.05) is 30.0 Å². The van der Waals surface area contributed by atoms with Gasteiger partial charge < -0.3 is 9.84 Å². The first-order valence-corrected chi connectivity index (χ1v) is 7.06. The fourth-order valence-corrected chi connectivity index (χ4v) is 2.21. The highest BCUT2D eigenvalue weighted by Crippen LogP contribution is 2.15. The topological polar surface area (TPSA) is 77.2 Å². The maximum absolute atomic E-state index is 10.5. The summed E-state index contributed by atoms with van der Waals surface area (Å²) >= 11 is 1.15. The highest BCUT2D eigenvalue weighted by atomic mass is 32.2. The molecule has 7 heteroatoms. The summed E-state index contributed by atoms with van der Waals surface area (Å²) < 4.78 is 7.16. The van der Waals surface area contributed by atoms with E-state index in [1.807, 2.05) is 30.3 Å². The minimum atomic E-state index is -0.869. The van der Waals surface area contributed by atoms with Crippen LogP contribution in [0.2, 0.25) is 0 Å². The second-order valence-corrected chi connectivity index (χ2v) is 4.97. The first kappa shape index (κ1) is 14.4. The van der Waals surface area contributed by atoms with Crippen LogP contribution in [-0.2, 0) is 18.3 Å². The van der Waals surface area contributed by atoms with Crippen molar-refractivity contribution in [1.82, 2.24) is 14.8 Å². The minimum absolute atomic E-state index is 0.0213. The standard InChI is InChI=1S/C13H15N3O3S/c1-16-13(20-9-12(17)18)14-11(15-16)7-8-19-10-5-3-2-4-6-10/h2-6H,7-9H2,1H3,(H,17,18). The molecule has 0 aliphatic heterocycles. The number of thioether (sulfide) groups is 1. The van der Waals surface area contributed by atoms with Crippen LogP contribution in [0.5, 0.6) is 5.75 Å². The normalized spacial score (nSPS) is 10.4. The molecule has 0 amide bonds. The van der Waals surface area contributed by atoms with E-state index in [9.17, 15) is 4.79 Å². The zero-order chi connectivity index (χ0) is 14.4. The maximum atomic E-state index is 10.5. The molecule has 2 aromatic rings. The molecule has 0 aliphatic rings. The Morgan fingerprint density at radius 2 is 2.15 bits per heavy atom. The van der Waals surface area contributed by atoms with Crippen molar-refractivity contribution in [2.45, 2.75) is 11.6 Å². The van der Waals surface area contributed by atoms with Crippen LogP contribution in [0.3, 0.4) is 0 Å². The predicted molar refractivity (Wildman–Crippen MR) is 75.0 cm³/mol. The van der Waals surface area contributed by atoms with Gasteiger partial charge in [0.15, 0.2) is 11.0 Å². The van der Waals surface area contributed by atoms with Crippen molar-refractivity contribution in [3.63, 3.8) is 0 Å². The fraction of sp³-hybridized carbons (Fsp3) is 0.308. The molecule has 2 rings (SSSR count). The molecule has 0 saturated carbocycles. The van der Waals surface area contributed by atoms with E-state index in [1.54, 1.807) is 11.7 Å². The van der Waals surface area contributed by atoms with Crippen LogP contribution in [0.1, 0.15) is 5.82 Å². The van der Waals surface area contributed by atoms with Gasteiger partial charge in [0.25, 0.3) is 0 Å². The lowest BCUT2D eigenvalue weighted by Gasteiger charge is -2.03. The summed E-state index contributed by atoms with van der Waals surface area (Å²) in [6, 6.07) is 9.53. The van der Waals surface area contributed by atoms with Crippen LogP contribution in [0.25, 0.3) is 0 Å². The molecule has 0 radical (unpaired) electrons. The van der Waals surface area contributed by atoms with E-state index in [0.717, 1.165) is 17.5 Å². The lowest BCUT2D eigenvalue weighted by molar-refractivity contribution is -0.133. The van der Waals surface area contributed by atoms with Crippen LogP contribution in [0.15, 0.2) is 35.5 Å².